The number of hydrogen-bond acceptors (Lipinski definition) is 4. The van der Waals surface area contributed by atoms with E-state index in [1.54, 1.807) is 26.2 Å². The summed E-state index contributed by atoms with van der Waals surface area (Å²) >= 11 is 0. The first kappa shape index (κ1) is 27.0. The van der Waals surface area contributed by atoms with Gasteiger partial charge in [-0.25, -0.2) is 4.79 Å². The summed E-state index contributed by atoms with van der Waals surface area (Å²) in [5, 5.41) is 0. The molecule has 0 bridgehead atoms. The fraction of sp³-hybridized carbons (Fsp3) is 0.522. The fourth-order valence-electron chi connectivity index (χ4n) is 2.11. The first-order chi connectivity index (χ1) is 13.1. The monoisotopic (exact) mass is 378 g/mol. The molecule has 4 heteroatoms. The van der Waals surface area contributed by atoms with Gasteiger partial charge in [-0.3, -0.25) is 0 Å². The lowest BCUT2D eigenvalue weighted by atomic mass is 10.0. The van der Waals surface area contributed by atoms with Crippen LogP contribution in [0.3, 0.4) is 0 Å². The van der Waals surface area contributed by atoms with E-state index in [-0.39, 0.29) is 5.97 Å². The van der Waals surface area contributed by atoms with Gasteiger partial charge in [0, 0.05) is 6.07 Å². The Kier molecular flexibility index (Phi) is 18.6. The predicted molar refractivity (Wildman–Crippen MR) is 115 cm³/mol. The lowest BCUT2D eigenvalue weighted by Gasteiger charge is -2.24. The number of aryl methyl sites for hydroxylation is 1. The van der Waals surface area contributed by atoms with Gasteiger partial charge in [-0.2, -0.15) is 0 Å². The van der Waals surface area contributed by atoms with Crippen molar-refractivity contribution in [2.24, 2.45) is 0 Å². The Labute approximate surface area is 166 Å². The number of rotatable bonds is 4. The van der Waals surface area contributed by atoms with E-state index in [4.69, 9.17) is 14.2 Å². The van der Waals surface area contributed by atoms with E-state index in [1.807, 2.05) is 39.8 Å². The second kappa shape index (κ2) is 18.6. The highest BCUT2D eigenvalue weighted by Crippen LogP contribution is 2.31. The molecule has 0 aromatic heterocycles. The normalized spacial score (nSPS) is 13.8. The van der Waals surface area contributed by atoms with Crippen molar-refractivity contribution in [3.05, 3.63) is 48.6 Å². The third-order valence-corrected chi connectivity index (χ3v) is 3.24. The smallest absolute Gasteiger partial charge is 0.347 e. The highest BCUT2D eigenvalue weighted by atomic mass is 16.6. The second-order valence-electron chi connectivity index (χ2n) is 5.26. The van der Waals surface area contributed by atoms with Crippen LogP contribution in [0.1, 0.15) is 59.9 Å². The van der Waals surface area contributed by atoms with E-state index < -0.39 is 6.10 Å². The molecule has 4 nitrogen and oxygen atoms in total. The van der Waals surface area contributed by atoms with Crippen molar-refractivity contribution in [1.29, 1.82) is 0 Å². The van der Waals surface area contributed by atoms with Crippen LogP contribution in [0, 0.1) is 0 Å². The molecule has 0 amide bonds. The Bertz CT molecular complexity index is 535. The molecule has 0 fully saturated rings. The molecule has 1 aromatic rings. The van der Waals surface area contributed by atoms with Crippen LogP contribution in [0.4, 0.5) is 0 Å². The summed E-state index contributed by atoms with van der Waals surface area (Å²) in [6.45, 7) is 15.6. The van der Waals surface area contributed by atoms with Crippen LogP contribution >= 0.6 is 0 Å². The van der Waals surface area contributed by atoms with Crippen LogP contribution in [-0.4, -0.2) is 25.8 Å². The Morgan fingerprint density at radius 1 is 1.30 bits per heavy atom. The number of methoxy groups -OCH3 is 1. The molecule has 1 aliphatic heterocycles. The zero-order valence-corrected chi connectivity index (χ0v) is 18.2. The van der Waals surface area contributed by atoms with E-state index in [1.165, 1.54) is 0 Å². The zero-order chi connectivity index (χ0) is 21.1. The molecule has 1 aliphatic rings. The van der Waals surface area contributed by atoms with Crippen LogP contribution in [0.15, 0.2) is 43.0 Å². The zero-order valence-electron chi connectivity index (χ0n) is 18.2. The van der Waals surface area contributed by atoms with Crippen molar-refractivity contribution in [3.63, 3.8) is 0 Å². The summed E-state index contributed by atoms with van der Waals surface area (Å²) in [4.78, 5) is 11.6. The maximum absolute atomic E-state index is 11.6. The molecule has 154 valence electrons. The van der Waals surface area contributed by atoms with E-state index in [0.29, 0.717) is 18.8 Å². The van der Waals surface area contributed by atoms with Crippen LogP contribution in [0.25, 0.3) is 0 Å². The van der Waals surface area contributed by atoms with Crippen LogP contribution in [-0.2, 0) is 16.0 Å². The minimum Gasteiger partial charge on any atom is -0.497 e. The molecule has 1 unspecified atom stereocenters. The van der Waals surface area contributed by atoms with E-state index in [0.717, 1.165) is 24.2 Å². The van der Waals surface area contributed by atoms with Gasteiger partial charge in [0.15, 0.2) is 6.10 Å². The van der Waals surface area contributed by atoms with Crippen molar-refractivity contribution in [2.75, 3.05) is 13.7 Å². The first-order valence-electron chi connectivity index (χ1n) is 9.76. The van der Waals surface area contributed by atoms with Gasteiger partial charge in [0.05, 0.1) is 13.7 Å². The maximum atomic E-state index is 11.6. The summed E-state index contributed by atoms with van der Waals surface area (Å²) in [6, 6.07) is 5.67. The van der Waals surface area contributed by atoms with Crippen LogP contribution < -0.4 is 9.47 Å². The quantitative estimate of drug-likeness (QED) is 0.466. The largest absolute Gasteiger partial charge is 0.497 e. The molecule has 0 aliphatic carbocycles. The minimum atomic E-state index is -0.491. The van der Waals surface area contributed by atoms with Crippen molar-refractivity contribution in [1.82, 2.24) is 0 Å². The number of fused-ring (bicyclic) bond motifs is 1. The number of ether oxygens (including phenoxy) is 3. The Morgan fingerprint density at radius 2 is 1.93 bits per heavy atom. The molecule has 1 aromatic carbocycles. The van der Waals surface area contributed by atoms with Crippen molar-refractivity contribution >= 4 is 5.97 Å². The van der Waals surface area contributed by atoms with Gasteiger partial charge < -0.3 is 14.2 Å². The predicted octanol–water partition coefficient (Wildman–Crippen LogP) is 6.14. The number of benzene rings is 1. The average Bonchev–Trinajstić information content (AvgIpc) is 2.70. The van der Waals surface area contributed by atoms with Crippen LogP contribution in [0.2, 0.25) is 0 Å². The Hall–Kier alpha value is -2.23. The van der Waals surface area contributed by atoms with Gasteiger partial charge in [-0.15, -0.1) is 6.58 Å². The SMILES string of the molecule is C/C=C\CC.C=CC.CC.CCOC(=O)C1CCc2ccc(OC)cc2O1. The van der Waals surface area contributed by atoms with Crippen LogP contribution in [0.5, 0.6) is 11.5 Å². The molecule has 0 saturated carbocycles. The van der Waals surface area contributed by atoms with Gasteiger partial charge >= 0.3 is 5.97 Å². The molecule has 0 saturated heterocycles. The highest BCUT2D eigenvalue weighted by Gasteiger charge is 2.27. The maximum Gasteiger partial charge on any atom is 0.347 e. The summed E-state index contributed by atoms with van der Waals surface area (Å²) < 4.78 is 15.7. The summed E-state index contributed by atoms with van der Waals surface area (Å²) in [7, 11) is 1.60. The summed E-state index contributed by atoms with van der Waals surface area (Å²) in [5.74, 6) is 1.16. The van der Waals surface area contributed by atoms with E-state index in [2.05, 4.69) is 25.7 Å². The van der Waals surface area contributed by atoms with Crippen molar-refractivity contribution in [2.45, 2.75) is 66.9 Å². The summed E-state index contributed by atoms with van der Waals surface area (Å²) in [6.07, 6.45) is 8.09. The Morgan fingerprint density at radius 3 is 2.37 bits per heavy atom. The third-order valence-electron chi connectivity index (χ3n) is 3.24. The molecule has 0 radical (unpaired) electrons. The molecule has 27 heavy (non-hydrogen) atoms. The summed E-state index contributed by atoms with van der Waals surface area (Å²) in [5.41, 5.74) is 1.10. The molecular formula is C23H38O4. The molecule has 1 heterocycles. The molecule has 0 N–H and O–H groups in total. The highest BCUT2D eigenvalue weighted by molar-refractivity contribution is 5.75. The molecule has 2 rings (SSSR count). The lowest BCUT2D eigenvalue weighted by molar-refractivity contribution is -0.152. The number of carbonyl (C=O) groups is 1. The van der Waals surface area contributed by atoms with Crippen molar-refractivity contribution in [3.8, 4) is 11.5 Å². The lowest BCUT2D eigenvalue weighted by Crippen LogP contribution is -2.32. The number of hydrogen-bond donors (Lipinski definition) is 0. The number of allylic oxidation sites excluding steroid dienone is 3. The van der Waals surface area contributed by atoms with Gasteiger partial charge in [0.25, 0.3) is 0 Å². The fourth-order valence-corrected chi connectivity index (χ4v) is 2.11. The number of carbonyl (C=O) groups excluding carboxylic acids is 1. The second-order valence-corrected chi connectivity index (χ2v) is 5.26. The number of esters is 1. The molecular weight excluding hydrogens is 340 g/mol. The van der Waals surface area contributed by atoms with E-state index in [9.17, 15) is 4.79 Å². The Balaban J connectivity index is 0. The van der Waals surface area contributed by atoms with Gasteiger partial charge in [-0.05, 0) is 51.7 Å². The topological polar surface area (TPSA) is 44.8 Å². The van der Waals surface area contributed by atoms with Crippen molar-refractivity contribution < 1.29 is 19.0 Å². The first-order valence-corrected chi connectivity index (χ1v) is 9.76. The van der Waals surface area contributed by atoms with Gasteiger partial charge in [0.1, 0.15) is 11.5 Å². The third kappa shape index (κ3) is 11.9. The van der Waals surface area contributed by atoms with E-state index >= 15 is 0 Å². The molecule has 0 spiro atoms. The van der Waals surface area contributed by atoms with Gasteiger partial charge in [-0.1, -0.05) is 45.1 Å². The molecule has 1 atom stereocenters. The standard InChI is InChI=1S/C13H16O4.C5H10.C3H6.C2H6/c1-3-16-13(14)11-7-5-9-4-6-10(15-2)8-12(9)17-11;1-3-5-4-2;1-3-2;1-2/h4,6,8,11H,3,5,7H2,1-2H3;3,5H,4H2,1-2H3;3H,1H2,2H3;1-2H3/b;5-3-;;. The average molecular weight is 379 g/mol. The van der Waals surface area contributed by atoms with Gasteiger partial charge in [0.2, 0.25) is 0 Å². The minimum absolute atomic E-state index is 0.291.